The van der Waals surface area contributed by atoms with Crippen molar-refractivity contribution in [1.82, 2.24) is 4.98 Å². The molecule has 5 heteroatoms. The number of aromatic nitrogens is 1. The van der Waals surface area contributed by atoms with Gasteiger partial charge in [0.05, 0.1) is 10.6 Å². The van der Waals surface area contributed by atoms with E-state index in [4.69, 9.17) is 16.7 Å². The van der Waals surface area contributed by atoms with Crippen molar-refractivity contribution in [3.63, 3.8) is 0 Å². The van der Waals surface area contributed by atoms with Gasteiger partial charge in [0.2, 0.25) is 0 Å². The maximum atomic E-state index is 11.0. The van der Waals surface area contributed by atoms with Crippen molar-refractivity contribution >= 4 is 23.4 Å². The molecule has 1 aromatic rings. The van der Waals surface area contributed by atoms with Gasteiger partial charge in [-0.25, -0.2) is 9.78 Å². The van der Waals surface area contributed by atoms with Crippen molar-refractivity contribution in [3.8, 4) is 0 Å². The molecule has 104 valence electrons. The first-order chi connectivity index (χ1) is 8.69. The van der Waals surface area contributed by atoms with Crippen LogP contribution in [0, 0.1) is 16.7 Å². The number of aromatic carboxylic acids is 1. The van der Waals surface area contributed by atoms with Gasteiger partial charge in [-0.2, -0.15) is 0 Å². The molecule has 0 amide bonds. The van der Waals surface area contributed by atoms with E-state index in [0.717, 1.165) is 6.54 Å². The lowest BCUT2D eigenvalue weighted by Crippen LogP contribution is -2.11. The number of anilines is 1. The van der Waals surface area contributed by atoms with E-state index in [0.29, 0.717) is 11.7 Å². The quantitative estimate of drug-likeness (QED) is 0.887. The van der Waals surface area contributed by atoms with Gasteiger partial charge in [-0.1, -0.05) is 39.3 Å². The molecule has 0 bridgehead atoms. The molecule has 19 heavy (non-hydrogen) atoms. The molecule has 0 saturated heterocycles. The average molecular weight is 283 g/mol. The van der Waals surface area contributed by atoms with Crippen LogP contribution in [-0.4, -0.2) is 22.6 Å². The number of carbonyl (C=O) groups is 1. The number of carboxylic acid groups (broad SMARTS) is 1. The molecule has 1 aromatic heterocycles. The summed E-state index contributed by atoms with van der Waals surface area (Å²) in [4.78, 5) is 15.1. The first-order valence-electron chi connectivity index (χ1n) is 6.31. The summed E-state index contributed by atoms with van der Waals surface area (Å²) < 4.78 is 0. The van der Waals surface area contributed by atoms with Gasteiger partial charge in [0.15, 0.2) is 0 Å². The molecule has 0 unspecified atom stereocenters. The van der Waals surface area contributed by atoms with Gasteiger partial charge >= 0.3 is 5.97 Å². The fourth-order valence-corrected chi connectivity index (χ4v) is 3.03. The lowest BCUT2D eigenvalue weighted by molar-refractivity contribution is 0.0697. The van der Waals surface area contributed by atoms with Crippen LogP contribution in [0.4, 0.5) is 5.82 Å². The molecule has 1 aliphatic carbocycles. The maximum Gasteiger partial charge on any atom is 0.337 e. The standard InChI is InChI=1S/C14H19ClN2O2/c1-13(2)9(14(13,3)4)7-17-11-10(15)8(12(18)19)5-6-16-11/h5-6,9H,7H2,1-4H3,(H,16,17)(H,18,19). The fourth-order valence-electron chi connectivity index (χ4n) is 2.77. The van der Waals surface area contributed by atoms with Gasteiger partial charge in [-0.15, -0.1) is 0 Å². The molecule has 0 spiro atoms. The van der Waals surface area contributed by atoms with Crippen LogP contribution in [0.5, 0.6) is 0 Å². The molecule has 1 saturated carbocycles. The van der Waals surface area contributed by atoms with Crippen molar-refractivity contribution in [1.29, 1.82) is 0 Å². The molecule has 1 fully saturated rings. The van der Waals surface area contributed by atoms with Gasteiger partial charge in [0.1, 0.15) is 5.82 Å². The summed E-state index contributed by atoms with van der Waals surface area (Å²) in [6, 6.07) is 1.40. The van der Waals surface area contributed by atoms with Gasteiger partial charge in [0, 0.05) is 12.7 Å². The van der Waals surface area contributed by atoms with Gasteiger partial charge in [-0.05, 0) is 22.8 Å². The Hall–Kier alpha value is -1.29. The van der Waals surface area contributed by atoms with Gasteiger partial charge < -0.3 is 10.4 Å². The van der Waals surface area contributed by atoms with Crippen molar-refractivity contribution in [2.24, 2.45) is 16.7 Å². The highest BCUT2D eigenvalue weighted by Crippen LogP contribution is 2.68. The zero-order chi connectivity index (χ0) is 14.4. The predicted octanol–water partition coefficient (Wildman–Crippen LogP) is 3.53. The Bertz CT molecular complexity index is 512. The third-order valence-electron chi connectivity index (χ3n) is 4.91. The Morgan fingerprint density at radius 1 is 1.42 bits per heavy atom. The summed E-state index contributed by atoms with van der Waals surface area (Å²) in [5.74, 6) is -0.0750. The fraction of sp³-hybridized carbons (Fsp3) is 0.571. The highest BCUT2D eigenvalue weighted by atomic mass is 35.5. The Morgan fingerprint density at radius 3 is 2.47 bits per heavy atom. The van der Waals surface area contributed by atoms with Crippen molar-refractivity contribution in [3.05, 3.63) is 22.8 Å². The second-order valence-corrected chi connectivity index (χ2v) is 6.58. The number of nitrogens with one attached hydrogen (secondary N) is 1. The normalized spacial score (nSPS) is 20.1. The minimum absolute atomic E-state index is 0.0773. The molecular formula is C14H19ClN2O2. The zero-order valence-electron chi connectivity index (χ0n) is 11.6. The Kier molecular flexibility index (Phi) is 3.25. The molecule has 4 nitrogen and oxygen atoms in total. The van der Waals surface area contributed by atoms with E-state index in [-0.39, 0.29) is 21.4 Å². The van der Waals surface area contributed by atoms with E-state index < -0.39 is 5.97 Å². The molecule has 0 aromatic carbocycles. The topological polar surface area (TPSA) is 62.2 Å². The first kappa shape index (κ1) is 14.1. The average Bonchev–Trinajstić information content (AvgIpc) is 2.68. The molecule has 2 N–H and O–H groups in total. The van der Waals surface area contributed by atoms with Crippen LogP contribution < -0.4 is 5.32 Å². The SMILES string of the molecule is CC1(C)C(CNc2nccc(C(=O)O)c2Cl)C1(C)C. The van der Waals surface area contributed by atoms with Crippen molar-refractivity contribution in [2.45, 2.75) is 27.7 Å². The summed E-state index contributed by atoms with van der Waals surface area (Å²) in [5.41, 5.74) is 0.627. The van der Waals surface area contributed by atoms with Crippen LogP contribution in [0.3, 0.4) is 0 Å². The van der Waals surface area contributed by atoms with Crippen LogP contribution in [0.1, 0.15) is 38.1 Å². The van der Waals surface area contributed by atoms with Crippen molar-refractivity contribution in [2.75, 3.05) is 11.9 Å². The van der Waals surface area contributed by atoms with Gasteiger partial charge in [0.25, 0.3) is 0 Å². The monoisotopic (exact) mass is 282 g/mol. The van der Waals surface area contributed by atoms with Crippen LogP contribution in [0.2, 0.25) is 5.02 Å². The number of carboxylic acids is 1. The Morgan fingerprint density at radius 2 is 2.00 bits per heavy atom. The third kappa shape index (κ3) is 2.18. The molecule has 2 rings (SSSR count). The molecule has 1 heterocycles. The second-order valence-electron chi connectivity index (χ2n) is 6.20. The van der Waals surface area contributed by atoms with E-state index in [1.54, 1.807) is 0 Å². The van der Waals surface area contributed by atoms with E-state index in [1.807, 2.05) is 0 Å². The van der Waals surface area contributed by atoms with E-state index in [1.165, 1.54) is 12.3 Å². The predicted molar refractivity (Wildman–Crippen MR) is 75.7 cm³/mol. The molecule has 0 aliphatic heterocycles. The lowest BCUT2D eigenvalue weighted by Gasteiger charge is -2.09. The molecule has 0 radical (unpaired) electrons. The number of rotatable bonds is 4. The lowest BCUT2D eigenvalue weighted by atomic mass is 10.0. The number of hydrogen-bond donors (Lipinski definition) is 2. The van der Waals surface area contributed by atoms with Crippen LogP contribution in [0.15, 0.2) is 12.3 Å². The Labute approximate surface area is 118 Å². The zero-order valence-corrected chi connectivity index (χ0v) is 12.4. The maximum absolute atomic E-state index is 11.0. The summed E-state index contributed by atoms with van der Waals surface area (Å²) in [6.07, 6.45) is 1.46. The van der Waals surface area contributed by atoms with E-state index >= 15 is 0 Å². The van der Waals surface area contributed by atoms with Gasteiger partial charge in [-0.3, -0.25) is 0 Å². The highest BCUT2D eigenvalue weighted by molar-refractivity contribution is 6.35. The number of nitrogens with zero attached hydrogens (tertiary/aromatic N) is 1. The number of hydrogen-bond acceptors (Lipinski definition) is 3. The largest absolute Gasteiger partial charge is 0.478 e. The number of pyridine rings is 1. The minimum atomic E-state index is -1.04. The summed E-state index contributed by atoms with van der Waals surface area (Å²) in [6.45, 7) is 9.70. The summed E-state index contributed by atoms with van der Waals surface area (Å²) >= 11 is 6.04. The molecular weight excluding hydrogens is 264 g/mol. The summed E-state index contributed by atoms with van der Waals surface area (Å²) in [7, 11) is 0. The van der Waals surface area contributed by atoms with Crippen LogP contribution in [0.25, 0.3) is 0 Å². The van der Waals surface area contributed by atoms with Crippen LogP contribution >= 0.6 is 11.6 Å². The molecule has 0 atom stereocenters. The highest BCUT2D eigenvalue weighted by Gasteiger charge is 2.64. The smallest absolute Gasteiger partial charge is 0.337 e. The second kappa shape index (κ2) is 4.37. The Balaban J connectivity index is 2.10. The van der Waals surface area contributed by atoms with E-state index in [2.05, 4.69) is 38.0 Å². The van der Waals surface area contributed by atoms with E-state index in [9.17, 15) is 4.79 Å². The minimum Gasteiger partial charge on any atom is -0.478 e. The number of halogens is 1. The third-order valence-corrected chi connectivity index (χ3v) is 5.30. The molecule has 1 aliphatic rings. The first-order valence-corrected chi connectivity index (χ1v) is 6.69. The van der Waals surface area contributed by atoms with Crippen molar-refractivity contribution < 1.29 is 9.90 Å². The summed E-state index contributed by atoms with van der Waals surface area (Å²) in [5, 5.41) is 12.4. The van der Waals surface area contributed by atoms with Crippen LogP contribution in [-0.2, 0) is 0 Å².